The number of hydrogen-bond donors (Lipinski definition) is 1. The van der Waals surface area contributed by atoms with Crippen LogP contribution < -0.4 is 19.6 Å². The lowest BCUT2D eigenvalue weighted by molar-refractivity contribution is -0.137. The van der Waals surface area contributed by atoms with Crippen LogP contribution in [0.1, 0.15) is 48.5 Å². The van der Waals surface area contributed by atoms with E-state index in [0.717, 1.165) is 58.3 Å². The standard InChI is InChI=1S/C38H37N3O6S/c1-3-36(42)46-24-10-6-5-9-23-45-31-19-15-28(16-20-31)37(43)47-32-21-22-33(27-13-17-30(18-14-27)44-4-2)29(25-32)26-39-41-38-40-34-11-7-8-12-35(34)48-38/h3,7-8,11-22,25-26H,1,4-6,9-10,23-24H2,2H3,(H,40,41)/b39-26+. The van der Waals surface area contributed by atoms with Crippen molar-refractivity contribution in [2.24, 2.45) is 5.10 Å². The molecule has 1 heterocycles. The second kappa shape index (κ2) is 17.4. The van der Waals surface area contributed by atoms with E-state index in [9.17, 15) is 9.59 Å². The molecule has 1 aromatic heterocycles. The van der Waals surface area contributed by atoms with Crippen molar-refractivity contribution >= 4 is 44.8 Å². The van der Waals surface area contributed by atoms with Crippen molar-refractivity contribution in [1.29, 1.82) is 0 Å². The fraction of sp³-hybridized carbons (Fsp3) is 0.211. The summed E-state index contributed by atoms with van der Waals surface area (Å²) in [5, 5.41) is 5.13. The maximum atomic E-state index is 13.1. The minimum Gasteiger partial charge on any atom is -0.494 e. The first-order chi connectivity index (χ1) is 23.5. The van der Waals surface area contributed by atoms with Crippen LogP contribution in [0.5, 0.6) is 17.2 Å². The summed E-state index contributed by atoms with van der Waals surface area (Å²) >= 11 is 1.52. The topological polar surface area (TPSA) is 108 Å². The molecule has 0 saturated carbocycles. The number of rotatable bonds is 17. The van der Waals surface area contributed by atoms with Gasteiger partial charge in [0.05, 0.1) is 41.8 Å². The minimum atomic E-state index is -0.483. The zero-order valence-electron chi connectivity index (χ0n) is 26.7. The molecular formula is C38H37N3O6S. The van der Waals surface area contributed by atoms with Gasteiger partial charge in [0, 0.05) is 11.6 Å². The Morgan fingerprint density at radius 3 is 2.31 bits per heavy atom. The number of aromatic nitrogens is 1. The summed E-state index contributed by atoms with van der Waals surface area (Å²) in [5.74, 6) is 0.966. The Labute approximate surface area is 283 Å². The van der Waals surface area contributed by atoms with Gasteiger partial charge < -0.3 is 18.9 Å². The third-order valence-electron chi connectivity index (χ3n) is 7.18. The first kappa shape index (κ1) is 33.9. The Morgan fingerprint density at radius 1 is 0.854 bits per heavy atom. The van der Waals surface area contributed by atoms with Crippen LogP contribution in [0.15, 0.2) is 109 Å². The van der Waals surface area contributed by atoms with E-state index in [1.54, 1.807) is 42.6 Å². The van der Waals surface area contributed by atoms with Crippen LogP contribution in [0.4, 0.5) is 5.13 Å². The normalized spacial score (nSPS) is 10.9. The second-order valence-corrected chi connectivity index (χ2v) is 11.6. The van der Waals surface area contributed by atoms with Crippen molar-refractivity contribution in [2.75, 3.05) is 25.2 Å². The molecule has 0 aliphatic heterocycles. The molecule has 0 saturated heterocycles. The average Bonchev–Trinajstić information content (AvgIpc) is 3.53. The third kappa shape index (κ3) is 9.76. The highest BCUT2D eigenvalue weighted by Gasteiger charge is 2.12. The van der Waals surface area contributed by atoms with Crippen molar-refractivity contribution in [3.63, 3.8) is 0 Å². The van der Waals surface area contributed by atoms with Gasteiger partial charge in [-0.3, -0.25) is 5.43 Å². The maximum absolute atomic E-state index is 13.1. The fourth-order valence-corrected chi connectivity index (χ4v) is 5.60. The van der Waals surface area contributed by atoms with Gasteiger partial charge in [0.2, 0.25) is 5.13 Å². The van der Waals surface area contributed by atoms with Gasteiger partial charge in [0.1, 0.15) is 17.2 Å². The number of unbranched alkanes of at least 4 members (excludes halogenated alkanes) is 3. The smallest absolute Gasteiger partial charge is 0.343 e. The monoisotopic (exact) mass is 663 g/mol. The quantitative estimate of drug-likeness (QED) is 0.0263. The van der Waals surface area contributed by atoms with E-state index >= 15 is 0 Å². The number of hydrazone groups is 1. The minimum absolute atomic E-state index is 0.385. The van der Waals surface area contributed by atoms with Crippen LogP contribution in [0.2, 0.25) is 0 Å². The van der Waals surface area contributed by atoms with E-state index in [4.69, 9.17) is 18.9 Å². The van der Waals surface area contributed by atoms with Crippen molar-refractivity contribution in [2.45, 2.75) is 32.6 Å². The van der Waals surface area contributed by atoms with Gasteiger partial charge in [-0.15, -0.1) is 0 Å². The Balaban J connectivity index is 1.20. The largest absolute Gasteiger partial charge is 0.494 e. The third-order valence-corrected chi connectivity index (χ3v) is 8.12. The van der Waals surface area contributed by atoms with Crippen LogP contribution in [0, 0.1) is 0 Å². The van der Waals surface area contributed by atoms with Gasteiger partial charge in [-0.1, -0.05) is 48.2 Å². The summed E-state index contributed by atoms with van der Waals surface area (Å²) in [5.41, 5.74) is 6.96. The summed E-state index contributed by atoms with van der Waals surface area (Å²) < 4.78 is 23.2. The molecule has 0 radical (unpaired) electrons. The fourth-order valence-electron chi connectivity index (χ4n) is 4.78. The van der Waals surface area contributed by atoms with Gasteiger partial charge in [-0.2, -0.15) is 5.10 Å². The van der Waals surface area contributed by atoms with E-state index in [-0.39, 0.29) is 0 Å². The molecule has 0 bridgehead atoms. The molecule has 4 aromatic carbocycles. The van der Waals surface area contributed by atoms with E-state index in [1.165, 1.54) is 17.4 Å². The molecule has 10 heteroatoms. The zero-order valence-corrected chi connectivity index (χ0v) is 27.5. The number of ether oxygens (including phenoxy) is 4. The molecule has 1 N–H and O–H groups in total. The highest BCUT2D eigenvalue weighted by Crippen LogP contribution is 2.30. The molecule has 9 nitrogen and oxygen atoms in total. The van der Waals surface area contributed by atoms with Crippen molar-refractivity contribution in [3.8, 4) is 28.4 Å². The molecule has 246 valence electrons. The number of nitrogens with one attached hydrogen (secondary N) is 1. The number of nitrogens with zero attached hydrogens (tertiary/aromatic N) is 2. The summed E-state index contributed by atoms with van der Waals surface area (Å²) in [6, 6.07) is 28.1. The number of anilines is 1. The molecule has 0 unspecified atom stereocenters. The summed E-state index contributed by atoms with van der Waals surface area (Å²) in [4.78, 5) is 28.7. The predicted octanol–water partition coefficient (Wildman–Crippen LogP) is 8.70. The maximum Gasteiger partial charge on any atom is 0.343 e. The lowest BCUT2D eigenvalue weighted by atomic mass is 10.00. The first-order valence-corrected chi connectivity index (χ1v) is 16.6. The molecule has 0 spiro atoms. The Morgan fingerprint density at radius 2 is 1.56 bits per heavy atom. The number of thiazole rings is 1. The SMILES string of the molecule is C=CC(=O)OCCCCCCOc1ccc(C(=O)Oc2ccc(-c3ccc(OCC)cc3)c(/C=N/Nc3nc4ccccc4s3)c2)cc1. The molecule has 5 aromatic rings. The van der Waals surface area contributed by atoms with E-state index in [0.29, 0.717) is 42.0 Å². The average molecular weight is 664 g/mol. The summed E-state index contributed by atoms with van der Waals surface area (Å²) in [6.45, 7) is 6.86. The first-order valence-electron chi connectivity index (χ1n) is 15.8. The number of carbonyl (C=O) groups is 2. The number of esters is 2. The number of fused-ring (bicyclic) bond motifs is 1. The molecule has 0 amide bonds. The zero-order chi connectivity index (χ0) is 33.6. The van der Waals surface area contributed by atoms with Gasteiger partial charge >= 0.3 is 11.9 Å². The molecule has 0 fully saturated rings. The van der Waals surface area contributed by atoms with Gasteiger partial charge in [-0.25, -0.2) is 14.6 Å². The van der Waals surface area contributed by atoms with Gasteiger partial charge in [0.15, 0.2) is 0 Å². The molecule has 0 aliphatic carbocycles. The van der Waals surface area contributed by atoms with Crippen LogP contribution >= 0.6 is 11.3 Å². The van der Waals surface area contributed by atoms with Crippen LogP contribution in [0.25, 0.3) is 21.3 Å². The molecule has 48 heavy (non-hydrogen) atoms. The Hall–Kier alpha value is -5.48. The van der Waals surface area contributed by atoms with E-state index in [2.05, 4.69) is 22.1 Å². The van der Waals surface area contributed by atoms with E-state index < -0.39 is 11.9 Å². The molecule has 0 atom stereocenters. The predicted molar refractivity (Wildman–Crippen MR) is 190 cm³/mol. The Bertz CT molecular complexity index is 1820. The molecule has 0 aliphatic rings. The van der Waals surface area contributed by atoms with Crippen molar-refractivity contribution in [3.05, 3.63) is 115 Å². The van der Waals surface area contributed by atoms with Crippen molar-refractivity contribution < 1.29 is 28.5 Å². The number of para-hydroxylation sites is 1. The highest BCUT2D eigenvalue weighted by molar-refractivity contribution is 7.22. The Kier molecular flexibility index (Phi) is 12.3. The molecule has 5 rings (SSSR count). The van der Waals surface area contributed by atoms with E-state index in [1.807, 2.05) is 61.5 Å². The number of carbonyl (C=O) groups excluding carboxylic acids is 2. The van der Waals surface area contributed by atoms with Crippen LogP contribution in [0.3, 0.4) is 0 Å². The molecular weight excluding hydrogens is 627 g/mol. The summed E-state index contributed by atoms with van der Waals surface area (Å²) in [7, 11) is 0. The summed E-state index contributed by atoms with van der Waals surface area (Å²) in [6.07, 6.45) is 6.42. The van der Waals surface area contributed by atoms with Crippen LogP contribution in [-0.4, -0.2) is 43.0 Å². The highest BCUT2D eigenvalue weighted by atomic mass is 32.1. The lowest BCUT2D eigenvalue weighted by Gasteiger charge is -2.11. The number of hydrogen-bond acceptors (Lipinski definition) is 10. The number of benzene rings is 4. The van der Waals surface area contributed by atoms with Crippen molar-refractivity contribution in [1.82, 2.24) is 4.98 Å². The van der Waals surface area contributed by atoms with Crippen LogP contribution in [-0.2, 0) is 9.53 Å². The second-order valence-electron chi connectivity index (χ2n) is 10.6. The van der Waals surface area contributed by atoms with Gasteiger partial charge in [0.25, 0.3) is 0 Å². The van der Waals surface area contributed by atoms with Gasteiger partial charge in [-0.05, 0) is 104 Å². The lowest BCUT2D eigenvalue weighted by Crippen LogP contribution is -2.09.